The number of aliphatic imine (C=N–C) groups is 1. The Morgan fingerprint density at radius 1 is 1.19 bits per heavy atom. The molecule has 0 spiro atoms. The Bertz CT molecular complexity index is 843. The van der Waals surface area contributed by atoms with Gasteiger partial charge in [-0.05, 0) is 30.2 Å². The monoisotopic (exact) mass is 368 g/mol. The van der Waals surface area contributed by atoms with Gasteiger partial charge in [0.2, 0.25) is 0 Å². The van der Waals surface area contributed by atoms with E-state index in [0.29, 0.717) is 13.1 Å². The minimum absolute atomic E-state index is 0.537. The van der Waals surface area contributed by atoms with Crippen LogP contribution in [0.1, 0.15) is 18.1 Å². The molecule has 2 heterocycles. The number of halogens is 1. The van der Waals surface area contributed by atoms with Crippen LogP contribution in [0.15, 0.2) is 66.3 Å². The summed E-state index contributed by atoms with van der Waals surface area (Å²) < 4.78 is 1.86. The van der Waals surface area contributed by atoms with Crippen molar-refractivity contribution in [3.05, 3.63) is 77.5 Å². The Morgan fingerprint density at radius 3 is 2.77 bits per heavy atom. The normalized spacial score (nSPS) is 11.4. The number of aromatic nitrogens is 3. The Kier molecular flexibility index (Phi) is 6.22. The summed E-state index contributed by atoms with van der Waals surface area (Å²) >= 11 is 6.20. The average molecular weight is 369 g/mol. The summed E-state index contributed by atoms with van der Waals surface area (Å²) in [4.78, 5) is 13.1. The van der Waals surface area contributed by atoms with E-state index in [9.17, 15) is 0 Å². The van der Waals surface area contributed by atoms with Crippen LogP contribution in [0.2, 0.25) is 5.02 Å². The maximum atomic E-state index is 6.20. The van der Waals surface area contributed by atoms with Crippen molar-refractivity contribution < 1.29 is 0 Å². The van der Waals surface area contributed by atoms with E-state index in [2.05, 4.69) is 25.6 Å². The number of imidazole rings is 1. The van der Waals surface area contributed by atoms with E-state index in [1.807, 2.05) is 60.3 Å². The molecule has 0 saturated carbocycles. The highest BCUT2D eigenvalue weighted by atomic mass is 35.5. The third kappa shape index (κ3) is 4.83. The summed E-state index contributed by atoms with van der Waals surface area (Å²) in [5.74, 6) is 1.57. The van der Waals surface area contributed by atoms with Gasteiger partial charge in [-0.15, -0.1) is 0 Å². The Hall–Kier alpha value is -2.86. The fraction of sp³-hybridized carbons (Fsp3) is 0.211. The zero-order chi connectivity index (χ0) is 18.2. The lowest BCUT2D eigenvalue weighted by Gasteiger charge is -2.12. The predicted molar refractivity (Wildman–Crippen MR) is 104 cm³/mol. The first-order valence-corrected chi connectivity index (χ1v) is 8.83. The van der Waals surface area contributed by atoms with Crippen molar-refractivity contribution >= 4 is 17.6 Å². The number of rotatable bonds is 6. The maximum absolute atomic E-state index is 6.20. The first-order chi connectivity index (χ1) is 12.8. The summed E-state index contributed by atoms with van der Waals surface area (Å²) in [5, 5.41) is 7.29. The highest BCUT2D eigenvalue weighted by molar-refractivity contribution is 6.31. The van der Waals surface area contributed by atoms with Gasteiger partial charge in [0.15, 0.2) is 5.96 Å². The van der Waals surface area contributed by atoms with Gasteiger partial charge in [-0.2, -0.15) is 0 Å². The minimum atomic E-state index is 0.537. The van der Waals surface area contributed by atoms with E-state index in [0.717, 1.165) is 34.5 Å². The van der Waals surface area contributed by atoms with Gasteiger partial charge in [0, 0.05) is 36.7 Å². The Balaban J connectivity index is 1.62. The van der Waals surface area contributed by atoms with Gasteiger partial charge in [0.05, 0.1) is 6.54 Å². The van der Waals surface area contributed by atoms with E-state index in [1.54, 1.807) is 12.5 Å². The van der Waals surface area contributed by atoms with Crippen LogP contribution in [-0.4, -0.2) is 27.0 Å². The molecule has 3 aromatic rings. The van der Waals surface area contributed by atoms with Gasteiger partial charge in [-0.25, -0.2) is 15.0 Å². The number of guanidine groups is 1. The van der Waals surface area contributed by atoms with Crippen molar-refractivity contribution in [2.24, 2.45) is 4.99 Å². The summed E-state index contributed by atoms with van der Waals surface area (Å²) in [6, 6.07) is 11.7. The van der Waals surface area contributed by atoms with Crippen LogP contribution in [0, 0.1) is 0 Å². The minimum Gasteiger partial charge on any atom is -0.357 e. The van der Waals surface area contributed by atoms with E-state index in [1.165, 1.54) is 0 Å². The molecule has 0 aliphatic heterocycles. The van der Waals surface area contributed by atoms with Crippen LogP contribution < -0.4 is 10.6 Å². The predicted octanol–water partition coefficient (Wildman–Crippen LogP) is 3.18. The van der Waals surface area contributed by atoms with Gasteiger partial charge in [0.1, 0.15) is 12.1 Å². The number of hydrogen-bond acceptors (Lipinski definition) is 3. The van der Waals surface area contributed by atoms with Gasteiger partial charge >= 0.3 is 0 Å². The summed E-state index contributed by atoms with van der Waals surface area (Å²) in [5.41, 5.74) is 2.06. The van der Waals surface area contributed by atoms with E-state index < -0.39 is 0 Å². The smallest absolute Gasteiger partial charge is 0.191 e. The molecule has 0 atom stereocenters. The summed E-state index contributed by atoms with van der Waals surface area (Å²) in [6.07, 6.45) is 7.15. The molecular formula is C19H21ClN6. The van der Waals surface area contributed by atoms with Gasteiger partial charge < -0.3 is 10.6 Å². The molecule has 3 rings (SSSR count). The Labute approximate surface area is 158 Å². The third-order valence-corrected chi connectivity index (χ3v) is 4.11. The SMILES string of the molecule is CCNC(=NCc1ccc(-n2ccnc2)nc1)NCc1ccccc1Cl. The van der Waals surface area contributed by atoms with Crippen LogP contribution in [0.3, 0.4) is 0 Å². The van der Waals surface area contributed by atoms with Crippen molar-refractivity contribution in [2.45, 2.75) is 20.0 Å². The molecule has 1 aromatic carbocycles. The number of pyridine rings is 1. The van der Waals surface area contributed by atoms with E-state index in [4.69, 9.17) is 11.6 Å². The van der Waals surface area contributed by atoms with E-state index >= 15 is 0 Å². The Morgan fingerprint density at radius 2 is 2.08 bits per heavy atom. The number of benzene rings is 1. The molecule has 26 heavy (non-hydrogen) atoms. The molecule has 0 radical (unpaired) electrons. The second-order valence-electron chi connectivity index (χ2n) is 5.63. The molecule has 2 aromatic heterocycles. The van der Waals surface area contributed by atoms with Crippen LogP contribution in [-0.2, 0) is 13.1 Å². The molecule has 0 aliphatic carbocycles. The largest absolute Gasteiger partial charge is 0.357 e. The van der Waals surface area contributed by atoms with Crippen LogP contribution >= 0.6 is 11.6 Å². The number of nitrogens with one attached hydrogen (secondary N) is 2. The van der Waals surface area contributed by atoms with Gasteiger partial charge in [-0.3, -0.25) is 4.57 Å². The molecule has 134 valence electrons. The molecule has 0 unspecified atom stereocenters. The quantitative estimate of drug-likeness (QED) is 0.518. The second kappa shape index (κ2) is 9.01. The van der Waals surface area contributed by atoms with Crippen molar-refractivity contribution in [2.75, 3.05) is 6.54 Å². The van der Waals surface area contributed by atoms with Crippen molar-refractivity contribution in [1.82, 2.24) is 25.2 Å². The van der Waals surface area contributed by atoms with Gasteiger partial charge in [0.25, 0.3) is 0 Å². The molecule has 0 amide bonds. The number of nitrogens with zero attached hydrogens (tertiary/aromatic N) is 4. The van der Waals surface area contributed by atoms with Gasteiger partial charge in [-0.1, -0.05) is 35.9 Å². The topological polar surface area (TPSA) is 67.1 Å². The lowest BCUT2D eigenvalue weighted by atomic mass is 10.2. The molecule has 6 nitrogen and oxygen atoms in total. The standard InChI is InChI=1S/C19H21ClN6/c1-2-22-19(25-13-16-5-3-4-6-17(16)20)24-12-15-7-8-18(23-11-15)26-10-9-21-14-26/h3-11,14H,2,12-13H2,1H3,(H2,22,24,25). The molecular weight excluding hydrogens is 348 g/mol. The van der Waals surface area contributed by atoms with Crippen LogP contribution in [0.4, 0.5) is 0 Å². The molecule has 0 fully saturated rings. The van der Waals surface area contributed by atoms with Crippen LogP contribution in [0.25, 0.3) is 5.82 Å². The average Bonchev–Trinajstić information content (AvgIpc) is 3.20. The van der Waals surface area contributed by atoms with Crippen LogP contribution in [0.5, 0.6) is 0 Å². The molecule has 0 bridgehead atoms. The molecule has 2 N–H and O–H groups in total. The second-order valence-corrected chi connectivity index (χ2v) is 6.04. The lowest BCUT2D eigenvalue weighted by molar-refractivity contribution is 0.815. The molecule has 0 aliphatic rings. The maximum Gasteiger partial charge on any atom is 0.191 e. The van der Waals surface area contributed by atoms with E-state index in [-0.39, 0.29) is 0 Å². The first kappa shape index (κ1) is 17.9. The highest BCUT2D eigenvalue weighted by Crippen LogP contribution is 2.14. The summed E-state index contributed by atoms with van der Waals surface area (Å²) in [7, 11) is 0. The first-order valence-electron chi connectivity index (χ1n) is 8.45. The fourth-order valence-corrected chi connectivity index (χ4v) is 2.59. The highest BCUT2D eigenvalue weighted by Gasteiger charge is 2.02. The number of hydrogen-bond donors (Lipinski definition) is 2. The molecule has 0 saturated heterocycles. The van der Waals surface area contributed by atoms with Crippen molar-refractivity contribution in [3.8, 4) is 5.82 Å². The zero-order valence-electron chi connectivity index (χ0n) is 14.6. The third-order valence-electron chi connectivity index (χ3n) is 3.75. The summed E-state index contributed by atoms with van der Waals surface area (Å²) in [6.45, 7) is 3.97. The van der Waals surface area contributed by atoms with Crippen molar-refractivity contribution in [3.63, 3.8) is 0 Å². The zero-order valence-corrected chi connectivity index (χ0v) is 15.3. The molecule has 7 heteroatoms. The van der Waals surface area contributed by atoms with Crippen molar-refractivity contribution in [1.29, 1.82) is 0 Å². The fourth-order valence-electron chi connectivity index (χ4n) is 2.39. The lowest BCUT2D eigenvalue weighted by Crippen LogP contribution is -2.36.